The zero-order valence-corrected chi connectivity index (χ0v) is 44.2. The van der Waals surface area contributed by atoms with Crippen molar-refractivity contribution >= 4 is 73.8 Å². The lowest BCUT2D eigenvalue weighted by molar-refractivity contribution is -0.172. The highest BCUT2D eigenvalue weighted by atomic mass is 35.5. The molecule has 0 unspecified atom stereocenters. The van der Waals surface area contributed by atoms with Crippen LogP contribution in [-0.2, 0) is 84.5 Å². The first-order chi connectivity index (χ1) is 37.2. The molecule has 5 heterocycles. The van der Waals surface area contributed by atoms with Crippen LogP contribution in [0.25, 0.3) is 22.3 Å². The summed E-state index contributed by atoms with van der Waals surface area (Å²) in [4.78, 5) is 117. The first-order valence-electron chi connectivity index (χ1n) is 24.9. The Kier molecular flexibility index (Phi) is 17.3. The van der Waals surface area contributed by atoms with E-state index in [9.17, 15) is 51.9 Å². The van der Waals surface area contributed by atoms with Gasteiger partial charge in [0.2, 0.25) is 50.4 Å². The molecule has 0 saturated carbocycles. The predicted octanol–water partition coefficient (Wildman–Crippen LogP) is 0.727. The van der Waals surface area contributed by atoms with Crippen LogP contribution < -0.4 is 37.5 Å². The van der Waals surface area contributed by atoms with Gasteiger partial charge in [-0.25, -0.2) is 28.2 Å². The van der Waals surface area contributed by atoms with Gasteiger partial charge in [0.05, 0.1) is 60.3 Å². The molecule has 1 aliphatic carbocycles. The number of hydrogen-bond donors (Lipinski definition) is 7. The average molecular weight is 1110 g/mol. The van der Waals surface area contributed by atoms with Gasteiger partial charge in [0.1, 0.15) is 26.0 Å². The molecule has 5 aromatic rings. The number of aliphatic hydroxyl groups is 1. The van der Waals surface area contributed by atoms with E-state index in [4.69, 9.17) is 26.1 Å². The number of carbonyl (C=O) groups excluding carboxylic acids is 7. The number of sulfone groups is 1. The number of aromatic nitrogens is 4. The third kappa shape index (κ3) is 12.7. The maximum Gasteiger partial charge on any atom is 0.343 e. The minimum atomic E-state index is -3.54. The molecule has 2 aromatic carbocycles. The number of hydrogen-bond acceptors (Lipinski definition) is 16. The minimum Gasteiger partial charge on any atom is -0.458 e. The molecule has 0 radical (unpaired) electrons. The topological polar surface area (TPSA) is 325 Å². The molecule has 6 amide bonds. The van der Waals surface area contributed by atoms with E-state index >= 15 is 0 Å². The minimum absolute atomic E-state index is 0.0206. The molecular weight excluding hydrogens is 1050 g/mol. The number of rotatable bonds is 20. The van der Waals surface area contributed by atoms with Crippen LogP contribution in [0.1, 0.15) is 89.6 Å². The van der Waals surface area contributed by atoms with Crippen molar-refractivity contribution < 1.29 is 56.6 Å². The number of unbranched alkanes of at least 4 members (excludes halogenated alkanes) is 1. The number of nitrogens with one attached hydrogen (secondary N) is 6. The van der Waals surface area contributed by atoms with E-state index in [0.717, 1.165) is 28.3 Å². The predicted molar refractivity (Wildman–Crippen MR) is 279 cm³/mol. The summed E-state index contributed by atoms with van der Waals surface area (Å²) in [6, 6.07) is 10.4. The van der Waals surface area contributed by atoms with Gasteiger partial charge in [-0.2, -0.15) is 0 Å². The van der Waals surface area contributed by atoms with Crippen molar-refractivity contribution in [1.29, 1.82) is 0 Å². The highest BCUT2D eigenvalue weighted by molar-refractivity contribution is 7.90. The first kappa shape index (κ1) is 56.1. The number of benzene rings is 2. The Morgan fingerprint density at radius 2 is 1.64 bits per heavy atom. The number of fused-ring (bicyclic) bond motifs is 5. The van der Waals surface area contributed by atoms with Gasteiger partial charge in [-0.05, 0) is 67.0 Å². The lowest BCUT2D eigenvalue weighted by Crippen LogP contribution is -2.52. The lowest BCUT2D eigenvalue weighted by atomic mass is 9.81. The summed E-state index contributed by atoms with van der Waals surface area (Å²) in [6.07, 6.45) is 5.34. The van der Waals surface area contributed by atoms with Gasteiger partial charge in [-0.3, -0.25) is 33.6 Å². The van der Waals surface area contributed by atoms with E-state index in [1.165, 1.54) is 17.0 Å². The molecule has 0 spiro atoms. The van der Waals surface area contributed by atoms with Crippen LogP contribution >= 0.6 is 11.6 Å². The summed E-state index contributed by atoms with van der Waals surface area (Å²) in [7, 11) is -3.54. The molecular formula is C53H55ClN10O13S. The van der Waals surface area contributed by atoms with Crippen LogP contribution in [0.5, 0.6) is 0 Å². The summed E-state index contributed by atoms with van der Waals surface area (Å²) in [6.45, 7) is 1.04. The smallest absolute Gasteiger partial charge is 0.343 e. The number of pyridine rings is 2. The van der Waals surface area contributed by atoms with Crippen molar-refractivity contribution in [2.75, 3.05) is 39.2 Å². The normalized spacial score (nSPS) is 16.2. The number of nitrogens with zero attached hydrogens (tertiary/aromatic N) is 4. The van der Waals surface area contributed by atoms with E-state index < -0.39 is 107 Å². The summed E-state index contributed by atoms with van der Waals surface area (Å²) < 4.78 is 35.3. The van der Waals surface area contributed by atoms with Crippen LogP contribution in [0.2, 0.25) is 5.02 Å². The van der Waals surface area contributed by atoms with Crippen LogP contribution in [0.3, 0.4) is 0 Å². The van der Waals surface area contributed by atoms with Gasteiger partial charge in [-0.15, -0.1) is 0 Å². The van der Waals surface area contributed by atoms with E-state index in [0.29, 0.717) is 64.3 Å². The summed E-state index contributed by atoms with van der Waals surface area (Å²) in [5.74, 6) is 1.10. The van der Waals surface area contributed by atoms with E-state index in [-0.39, 0.29) is 48.7 Å². The second-order valence-electron chi connectivity index (χ2n) is 18.8. The van der Waals surface area contributed by atoms with Gasteiger partial charge in [-0.1, -0.05) is 60.7 Å². The fourth-order valence-electron chi connectivity index (χ4n) is 9.45. The summed E-state index contributed by atoms with van der Waals surface area (Å²) in [5, 5.41) is 27.8. The number of amides is 6. The molecule has 2 aliphatic heterocycles. The van der Waals surface area contributed by atoms with E-state index in [1.54, 1.807) is 49.4 Å². The summed E-state index contributed by atoms with van der Waals surface area (Å²) in [5.41, 5.74) is 3.68. The second-order valence-corrected chi connectivity index (χ2v) is 21.1. The Morgan fingerprint density at radius 3 is 2.37 bits per heavy atom. The number of ether oxygens (including phenoxy) is 2. The Balaban J connectivity index is 0.798. The lowest BCUT2D eigenvalue weighted by Gasteiger charge is -2.31. The molecule has 7 N–H and O–H groups in total. The molecule has 3 atom stereocenters. The van der Waals surface area contributed by atoms with Crippen LogP contribution in [-0.4, -0.2) is 120 Å². The zero-order chi connectivity index (χ0) is 55.9. The fraction of sp³-hybridized carbons (Fsp3) is 0.377. The largest absolute Gasteiger partial charge is 0.458 e. The van der Waals surface area contributed by atoms with Crippen LogP contribution in [0.4, 0.5) is 0 Å². The molecule has 0 fully saturated rings. The van der Waals surface area contributed by atoms with Crippen molar-refractivity contribution in [2.45, 2.75) is 94.8 Å². The maximum absolute atomic E-state index is 14.0. The monoisotopic (exact) mass is 1110 g/mol. The van der Waals surface area contributed by atoms with Crippen molar-refractivity contribution in [3.05, 3.63) is 115 Å². The SMILES string of the molecule is CC[C@@]1(O)C(=O)OCc2c1cc1n(c2=O)Cc2c-1nc1cc(Cl)c(C)c3c1c2[C@@H](NC(=O)COCNC(=O)CNC(=O)[C@H](Cc1ccccc1)NC(=O)CNC(=O)CNC(=O)CCCC#Cc1cnc(S(C)(=O)=O)nc1)CC3. The van der Waals surface area contributed by atoms with Crippen LogP contribution in [0.15, 0.2) is 64.8 Å². The highest BCUT2D eigenvalue weighted by Crippen LogP contribution is 2.46. The zero-order valence-electron chi connectivity index (χ0n) is 42.7. The first-order valence-corrected chi connectivity index (χ1v) is 27.1. The van der Waals surface area contributed by atoms with E-state index in [2.05, 4.69) is 53.7 Å². The molecule has 0 saturated heterocycles. The highest BCUT2D eigenvalue weighted by Gasteiger charge is 2.46. The molecule has 25 heteroatoms. The maximum atomic E-state index is 14.0. The fourth-order valence-corrected chi connectivity index (χ4v) is 10.2. The Labute approximate surface area is 451 Å². The van der Waals surface area contributed by atoms with Gasteiger partial charge >= 0.3 is 5.97 Å². The van der Waals surface area contributed by atoms with Gasteiger partial charge in [0.25, 0.3) is 5.56 Å². The van der Waals surface area contributed by atoms with Crippen LogP contribution in [0, 0.1) is 18.8 Å². The molecule has 0 bridgehead atoms. The third-order valence-corrected chi connectivity index (χ3v) is 14.7. The Bertz CT molecular complexity index is 3490. The van der Waals surface area contributed by atoms with Crippen molar-refractivity contribution in [1.82, 2.24) is 51.4 Å². The number of esters is 1. The average Bonchev–Trinajstić information content (AvgIpc) is 3.87. The number of aryl methyl sites for hydroxylation is 1. The van der Waals surface area contributed by atoms with Crippen molar-refractivity contribution in [3.8, 4) is 23.2 Å². The molecule has 3 aromatic heterocycles. The van der Waals surface area contributed by atoms with Gasteiger partial charge in [0, 0.05) is 59.4 Å². The molecule has 23 nitrogen and oxygen atoms in total. The standard InChI is InChI=1S/C53H55ClN10O13S/c1-4-53(73)35-18-40-48-33(25-64(40)50(71)34(35)26-77-51(53)72)47-37(16-15-32-29(2)36(54)19-38(63-48)46(32)47)61-45(69)27-76-28-60-43(67)23-57-49(70)39(17-30-11-7-5-8-12-30)62-44(68)24-56-42(66)22-55-41(65)14-10-6-9-13-31-20-58-52(59-21-31)78(3,74)75/h5,7-8,11-12,18-21,37,39,73H,4,6,10,14-17,22-28H2,1-3H3,(H,55,65)(H,56,66)(H,57,70)(H,60,67)(H,61,69)(H,62,68)/t37-,39-,53-/m0/s1. The molecule has 8 rings (SSSR count). The number of halogens is 1. The van der Waals surface area contributed by atoms with Gasteiger partial charge < -0.3 is 51.0 Å². The Morgan fingerprint density at radius 1 is 0.936 bits per heavy atom. The number of carbonyl (C=O) groups is 7. The number of cyclic esters (lactones) is 1. The van der Waals surface area contributed by atoms with E-state index in [1.807, 2.05) is 6.92 Å². The second kappa shape index (κ2) is 24.1. The molecule has 78 heavy (non-hydrogen) atoms. The quantitative estimate of drug-likeness (QED) is 0.0182. The summed E-state index contributed by atoms with van der Waals surface area (Å²) >= 11 is 6.70. The third-order valence-electron chi connectivity index (χ3n) is 13.5. The van der Waals surface area contributed by atoms with Crippen molar-refractivity contribution in [3.63, 3.8) is 0 Å². The van der Waals surface area contributed by atoms with Crippen molar-refractivity contribution in [2.24, 2.45) is 0 Å². The van der Waals surface area contributed by atoms with Gasteiger partial charge in [0.15, 0.2) is 5.60 Å². The Hall–Kier alpha value is -8.11. The molecule has 3 aliphatic rings. The molecule has 408 valence electrons.